The second-order valence-corrected chi connectivity index (χ2v) is 6.74. The maximum absolute atomic E-state index is 12.5. The number of hydrogen-bond acceptors (Lipinski definition) is 3. The highest BCUT2D eigenvalue weighted by Gasteiger charge is 2.20. The average Bonchev–Trinajstić information content (AvgIpc) is 2.98. The number of nitrogens with zero attached hydrogens (tertiary/aromatic N) is 1. The predicted octanol–water partition coefficient (Wildman–Crippen LogP) is 3.95. The summed E-state index contributed by atoms with van der Waals surface area (Å²) < 4.78 is 0. The SMILES string of the molecule is Nc1c(Cl)cc(NC(=O)c2cccc(CN3CCCC3=O)c2)cc1Cl. The fourth-order valence-corrected chi connectivity index (χ4v) is 3.25. The summed E-state index contributed by atoms with van der Waals surface area (Å²) in [5, 5.41) is 3.32. The molecule has 3 N–H and O–H groups in total. The Morgan fingerprint density at radius 2 is 1.92 bits per heavy atom. The first-order valence-electron chi connectivity index (χ1n) is 7.86. The molecule has 1 aliphatic heterocycles. The Morgan fingerprint density at radius 3 is 2.56 bits per heavy atom. The number of hydrogen-bond donors (Lipinski definition) is 2. The van der Waals surface area contributed by atoms with Gasteiger partial charge in [-0.25, -0.2) is 0 Å². The van der Waals surface area contributed by atoms with E-state index in [-0.39, 0.29) is 27.5 Å². The van der Waals surface area contributed by atoms with Crippen molar-refractivity contribution < 1.29 is 9.59 Å². The summed E-state index contributed by atoms with van der Waals surface area (Å²) in [6, 6.07) is 10.3. The molecule has 25 heavy (non-hydrogen) atoms. The van der Waals surface area contributed by atoms with Crippen LogP contribution < -0.4 is 11.1 Å². The van der Waals surface area contributed by atoms with Crippen molar-refractivity contribution in [2.75, 3.05) is 17.6 Å². The van der Waals surface area contributed by atoms with Crippen LogP contribution in [0.3, 0.4) is 0 Å². The minimum Gasteiger partial charge on any atom is -0.396 e. The lowest BCUT2D eigenvalue weighted by Crippen LogP contribution is -2.24. The molecule has 3 rings (SSSR count). The molecule has 1 fully saturated rings. The van der Waals surface area contributed by atoms with Gasteiger partial charge in [0.1, 0.15) is 0 Å². The van der Waals surface area contributed by atoms with E-state index in [1.165, 1.54) is 0 Å². The first-order chi connectivity index (χ1) is 11.9. The zero-order chi connectivity index (χ0) is 18.0. The van der Waals surface area contributed by atoms with Gasteiger partial charge in [-0.15, -0.1) is 0 Å². The molecule has 0 atom stereocenters. The van der Waals surface area contributed by atoms with Crippen molar-refractivity contribution in [1.29, 1.82) is 0 Å². The second kappa shape index (κ2) is 7.33. The Kier molecular flexibility index (Phi) is 5.16. The molecule has 1 saturated heterocycles. The van der Waals surface area contributed by atoms with Crippen LogP contribution in [-0.2, 0) is 11.3 Å². The summed E-state index contributed by atoms with van der Waals surface area (Å²) in [4.78, 5) is 26.0. The maximum Gasteiger partial charge on any atom is 0.255 e. The first kappa shape index (κ1) is 17.6. The zero-order valence-electron chi connectivity index (χ0n) is 13.4. The molecule has 2 aromatic rings. The topological polar surface area (TPSA) is 75.4 Å². The van der Waals surface area contributed by atoms with Crippen LogP contribution in [0, 0.1) is 0 Å². The van der Waals surface area contributed by atoms with Gasteiger partial charge in [-0.1, -0.05) is 35.3 Å². The van der Waals surface area contributed by atoms with E-state index in [1.807, 2.05) is 6.07 Å². The molecular formula is C18H17Cl2N3O2. The third-order valence-corrected chi connectivity index (χ3v) is 4.70. The molecule has 1 aliphatic rings. The molecule has 0 radical (unpaired) electrons. The van der Waals surface area contributed by atoms with E-state index in [0.717, 1.165) is 18.5 Å². The molecule has 2 amide bonds. The van der Waals surface area contributed by atoms with Gasteiger partial charge < -0.3 is 16.0 Å². The molecule has 0 unspecified atom stereocenters. The van der Waals surface area contributed by atoms with E-state index in [2.05, 4.69) is 5.32 Å². The quantitative estimate of drug-likeness (QED) is 0.791. The Labute approximate surface area is 155 Å². The first-order valence-corrected chi connectivity index (χ1v) is 8.62. The van der Waals surface area contributed by atoms with Crippen LogP contribution in [0.5, 0.6) is 0 Å². The molecule has 0 spiro atoms. The Balaban J connectivity index is 1.74. The van der Waals surface area contributed by atoms with E-state index in [0.29, 0.717) is 24.2 Å². The summed E-state index contributed by atoms with van der Waals surface area (Å²) in [6.45, 7) is 1.27. The van der Waals surface area contributed by atoms with Gasteiger partial charge in [0.2, 0.25) is 5.91 Å². The highest BCUT2D eigenvalue weighted by atomic mass is 35.5. The Bertz CT molecular complexity index is 816. The third kappa shape index (κ3) is 4.06. The van der Waals surface area contributed by atoms with Crippen molar-refractivity contribution >= 4 is 46.4 Å². The fraction of sp³-hybridized carbons (Fsp3) is 0.222. The lowest BCUT2D eigenvalue weighted by molar-refractivity contribution is -0.128. The summed E-state index contributed by atoms with van der Waals surface area (Å²) in [6.07, 6.45) is 1.48. The van der Waals surface area contributed by atoms with Crippen molar-refractivity contribution in [3.05, 3.63) is 57.6 Å². The highest BCUT2D eigenvalue weighted by Crippen LogP contribution is 2.31. The van der Waals surface area contributed by atoms with E-state index in [9.17, 15) is 9.59 Å². The van der Waals surface area contributed by atoms with Gasteiger partial charge in [0.25, 0.3) is 5.91 Å². The van der Waals surface area contributed by atoms with Gasteiger partial charge >= 0.3 is 0 Å². The molecule has 0 saturated carbocycles. The van der Waals surface area contributed by atoms with E-state index < -0.39 is 0 Å². The normalized spacial score (nSPS) is 14.0. The van der Waals surface area contributed by atoms with Crippen LogP contribution in [-0.4, -0.2) is 23.3 Å². The summed E-state index contributed by atoms with van der Waals surface area (Å²) in [7, 11) is 0. The van der Waals surface area contributed by atoms with Crippen molar-refractivity contribution in [3.8, 4) is 0 Å². The number of nitrogens with two attached hydrogens (primary N) is 1. The number of amides is 2. The third-order valence-electron chi connectivity index (χ3n) is 4.07. The molecule has 1 heterocycles. The lowest BCUT2D eigenvalue weighted by Gasteiger charge is -2.16. The number of benzene rings is 2. The number of carbonyl (C=O) groups excluding carboxylic acids is 2. The molecule has 7 heteroatoms. The number of likely N-dealkylation sites (tertiary alicyclic amines) is 1. The van der Waals surface area contributed by atoms with Gasteiger partial charge in [0.05, 0.1) is 15.7 Å². The van der Waals surface area contributed by atoms with Crippen LogP contribution in [0.4, 0.5) is 11.4 Å². The van der Waals surface area contributed by atoms with Crippen LogP contribution in [0.1, 0.15) is 28.8 Å². The number of carbonyl (C=O) groups is 2. The minimum absolute atomic E-state index is 0.154. The van der Waals surface area contributed by atoms with Gasteiger partial charge in [0, 0.05) is 30.8 Å². The summed E-state index contributed by atoms with van der Waals surface area (Å²) in [5.74, 6) is -0.132. The van der Waals surface area contributed by atoms with Crippen LogP contribution in [0.15, 0.2) is 36.4 Å². The largest absolute Gasteiger partial charge is 0.396 e. The van der Waals surface area contributed by atoms with Gasteiger partial charge in [-0.05, 0) is 36.2 Å². The van der Waals surface area contributed by atoms with Crippen LogP contribution in [0.2, 0.25) is 10.0 Å². The summed E-state index contributed by atoms with van der Waals surface area (Å²) in [5.41, 5.74) is 7.84. The molecular weight excluding hydrogens is 361 g/mol. The monoisotopic (exact) mass is 377 g/mol. The smallest absolute Gasteiger partial charge is 0.255 e. The van der Waals surface area contributed by atoms with Crippen LogP contribution in [0.25, 0.3) is 0 Å². The predicted molar refractivity (Wildman–Crippen MR) is 99.9 cm³/mol. The number of anilines is 2. The fourth-order valence-electron chi connectivity index (χ4n) is 2.76. The standard InChI is InChI=1S/C18H17Cl2N3O2/c19-14-8-13(9-15(20)17(14)21)22-18(25)12-4-1-3-11(7-12)10-23-6-2-5-16(23)24/h1,3-4,7-9H,2,5-6,10,21H2,(H,22,25). The molecule has 5 nitrogen and oxygen atoms in total. The number of nitrogen functional groups attached to an aromatic ring is 1. The van der Waals surface area contributed by atoms with Gasteiger partial charge in [-0.2, -0.15) is 0 Å². The molecule has 0 aromatic heterocycles. The molecule has 2 aromatic carbocycles. The minimum atomic E-state index is -0.286. The van der Waals surface area contributed by atoms with E-state index in [1.54, 1.807) is 35.2 Å². The van der Waals surface area contributed by atoms with Crippen LogP contribution >= 0.6 is 23.2 Å². The Hall–Kier alpha value is -2.24. The Morgan fingerprint density at radius 1 is 1.20 bits per heavy atom. The molecule has 0 aliphatic carbocycles. The van der Waals surface area contributed by atoms with E-state index >= 15 is 0 Å². The second-order valence-electron chi connectivity index (χ2n) is 5.93. The van der Waals surface area contributed by atoms with Gasteiger partial charge in [0.15, 0.2) is 0 Å². The molecule has 130 valence electrons. The van der Waals surface area contributed by atoms with E-state index in [4.69, 9.17) is 28.9 Å². The average molecular weight is 378 g/mol. The summed E-state index contributed by atoms with van der Waals surface area (Å²) >= 11 is 12.0. The zero-order valence-corrected chi connectivity index (χ0v) is 14.9. The highest BCUT2D eigenvalue weighted by molar-refractivity contribution is 6.39. The lowest BCUT2D eigenvalue weighted by atomic mass is 10.1. The number of rotatable bonds is 4. The van der Waals surface area contributed by atoms with Crippen molar-refractivity contribution in [2.24, 2.45) is 0 Å². The molecule has 0 bridgehead atoms. The van der Waals surface area contributed by atoms with Crippen molar-refractivity contribution in [2.45, 2.75) is 19.4 Å². The number of halogens is 2. The van der Waals surface area contributed by atoms with Crippen molar-refractivity contribution in [1.82, 2.24) is 4.90 Å². The van der Waals surface area contributed by atoms with Crippen molar-refractivity contribution in [3.63, 3.8) is 0 Å². The number of nitrogens with one attached hydrogen (secondary N) is 1. The van der Waals surface area contributed by atoms with Gasteiger partial charge in [-0.3, -0.25) is 9.59 Å². The maximum atomic E-state index is 12.5.